The number of alkyl halides is 3. The molecule has 1 aliphatic rings. The average Bonchev–Trinajstić information content (AvgIpc) is 3.24. The summed E-state index contributed by atoms with van der Waals surface area (Å²) in [5.41, 5.74) is 7.59. The van der Waals surface area contributed by atoms with Gasteiger partial charge in [0.2, 0.25) is 0 Å². The predicted molar refractivity (Wildman–Crippen MR) is 105 cm³/mol. The van der Waals surface area contributed by atoms with Gasteiger partial charge in [0.15, 0.2) is 5.69 Å². The van der Waals surface area contributed by atoms with Gasteiger partial charge in [-0.05, 0) is 30.2 Å². The lowest BCUT2D eigenvalue weighted by molar-refractivity contribution is -0.141. The van der Waals surface area contributed by atoms with Crippen LogP contribution in [0.5, 0.6) is 0 Å². The summed E-state index contributed by atoms with van der Waals surface area (Å²) in [4.78, 5) is 23.2. The maximum absolute atomic E-state index is 13.1. The summed E-state index contributed by atoms with van der Waals surface area (Å²) >= 11 is 0. The highest BCUT2D eigenvalue weighted by Crippen LogP contribution is 2.31. The van der Waals surface area contributed by atoms with E-state index in [2.05, 4.69) is 20.2 Å². The van der Waals surface area contributed by atoms with Crippen LogP contribution in [0.4, 0.5) is 19.0 Å². The number of carbonyl (C=O) groups is 1. The van der Waals surface area contributed by atoms with Crippen molar-refractivity contribution >= 4 is 22.6 Å². The van der Waals surface area contributed by atoms with E-state index in [1.807, 2.05) is 6.92 Å². The van der Waals surface area contributed by atoms with E-state index in [1.165, 1.54) is 17.2 Å². The van der Waals surface area contributed by atoms with Crippen LogP contribution in [0.3, 0.4) is 0 Å². The molecule has 3 aromatic rings. The van der Waals surface area contributed by atoms with Crippen molar-refractivity contribution in [1.29, 1.82) is 0 Å². The van der Waals surface area contributed by atoms with Crippen molar-refractivity contribution in [3.63, 3.8) is 0 Å². The first-order valence-corrected chi connectivity index (χ1v) is 9.61. The second-order valence-electron chi connectivity index (χ2n) is 7.17. The molecule has 11 heteroatoms. The maximum atomic E-state index is 13.1. The zero-order chi connectivity index (χ0) is 22.2. The van der Waals surface area contributed by atoms with Crippen LogP contribution in [0.15, 0.2) is 24.4 Å². The van der Waals surface area contributed by atoms with Crippen LogP contribution in [0.1, 0.15) is 46.3 Å². The lowest BCUT2D eigenvalue weighted by atomic mass is 10.1. The summed E-state index contributed by atoms with van der Waals surface area (Å²) in [6.07, 6.45) is -2.44. The van der Waals surface area contributed by atoms with E-state index in [-0.39, 0.29) is 23.8 Å². The first kappa shape index (κ1) is 20.9. The summed E-state index contributed by atoms with van der Waals surface area (Å²) in [5.74, 6) is 0.0179. The number of anilines is 1. The number of nitrogen functional groups attached to an aromatic ring is 1. The molecule has 0 fully saturated rings. The van der Waals surface area contributed by atoms with E-state index in [0.717, 1.165) is 22.6 Å². The van der Waals surface area contributed by atoms with E-state index in [4.69, 9.17) is 10.5 Å². The maximum Gasteiger partial charge on any atom is 0.435 e. The van der Waals surface area contributed by atoms with Crippen LogP contribution in [-0.2, 0) is 30.7 Å². The van der Waals surface area contributed by atoms with Gasteiger partial charge < -0.3 is 15.4 Å². The van der Waals surface area contributed by atoms with Crippen LogP contribution in [0.25, 0.3) is 10.9 Å². The Labute approximate surface area is 175 Å². The minimum Gasteiger partial charge on any atom is -0.383 e. The summed E-state index contributed by atoms with van der Waals surface area (Å²) in [5, 5.41) is 7.59. The van der Waals surface area contributed by atoms with Crippen molar-refractivity contribution < 1.29 is 22.7 Å². The lowest BCUT2D eigenvalue weighted by Crippen LogP contribution is -2.32. The third-order valence-corrected chi connectivity index (χ3v) is 4.98. The molecule has 0 spiro atoms. The van der Waals surface area contributed by atoms with E-state index < -0.39 is 11.9 Å². The number of rotatable bonds is 5. The van der Waals surface area contributed by atoms with Gasteiger partial charge in [-0.2, -0.15) is 18.3 Å². The SMILES string of the molecule is CCCN(Cc1ccc(C(F)(F)F)nn1)C(=O)c1cc2c3c(c(N)nc2cn1)COC3. The highest BCUT2D eigenvalue weighted by Gasteiger charge is 2.33. The third kappa shape index (κ3) is 4.13. The van der Waals surface area contributed by atoms with Crippen molar-refractivity contribution in [3.8, 4) is 0 Å². The fourth-order valence-electron chi connectivity index (χ4n) is 3.47. The molecule has 0 aliphatic carbocycles. The highest BCUT2D eigenvalue weighted by molar-refractivity contribution is 5.97. The number of hydrogen-bond donors (Lipinski definition) is 1. The Bertz CT molecular complexity index is 1130. The quantitative estimate of drug-likeness (QED) is 0.660. The van der Waals surface area contributed by atoms with Crippen molar-refractivity contribution in [2.45, 2.75) is 39.3 Å². The molecule has 4 rings (SSSR count). The zero-order valence-electron chi connectivity index (χ0n) is 16.6. The number of halogens is 3. The van der Waals surface area contributed by atoms with Gasteiger partial charge >= 0.3 is 6.18 Å². The zero-order valence-corrected chi connectivity index (χ0v) is 16.6. The Morgan fingerprint density at radius 1 is 1.23 bits per heavy atom. The summed E-state index contributed by atoms with van der Waals surface area (Å²) in [7, 11) is 0. The molecule has 3 aromatic heterocycles. The molecule has 2 N–H and O–H groups in total. The number of nitrogens with two attached hydrogens (primary N) is 1. The summed E-state index contributed by atoms with van der Waals surface area (Å²) in [6, 6.07) is 3.72. The molecule has 0 bridgehead atoms. The van der Waals surface area contributed by atoms with Crippen molar-refractivity contribution in [1.82, 2.24) is 25.1 Å². The molecule has 0 radical (unpaired) electrons. The minimum atomic E-state index is -4.57. The Morgan fingerprint density at radius 2 is 2.00 bits per heavy atom. The molecule has 0 saturated carbocycles. The first-order chi connectivity index (χ1) is 14.8. The van der Waals surface area contributed by atoms with Crippen LogP contribution in [0, 0.1) is 0 Å². The molecular weight excluding hydrogens is 413 g/mol. The normalized spacial score (nSPS) is 13.4. The monoisotopic (exact) mass is 432 g/mol. The Balaban J connectivity index is 1.62. The van der Waals surface area contributed by atoms with Gasteiger partial charge in [-0.1, -0.05) is 6.92 Å². The van der Waals surface area contributed by atoms with Gasteiger partial charge in [0.05, 0.1) is 37.2 Å². The number of carbonyl (C=O) groups excluding carboxylic acids is 1. The molecule has 4 heterocycles. The van der Waals surface area contributed by atoms with Gasteiger partial charge in [0, 0.05) is 17.5 Å². The fourth-order valence-corrected chi connectivity index (χ4v) is 3.47. The second-order valence-corrected chi connectivity index (χ2v) is 7.17. The van der Waals surface area contributed by atoms with Gasteiger partial charge in [-0.15, -0.1) is 5.10 Å². The lowest BCUT2D eigenvalue weighted by Gasteiger charge is -2.21. The largest absolute Gasteiger partial charge is 0.435 e. The van der Waals surface area contributed by atoms with Crippen LogP contribution < -0.4 is 5.73 Å². The number of hydrogen-bond acceptors (Lipinski definition) is 7. The standard InChI is InChI=1S/C20H19F3N6O2/c1-2-5-29(8-11-3-4-17(28-27-11)20(21,22)23)19(30)15-6-12-13-9-31-10-14(13)18(24)26-16(12)7-25-15/h3-4,6-7H,2,5,8-10H2,1H3,(H2,24,26). The number of fused-ring (bicyclic) bond motifs is 3. The van der Waals surface area contributed by atoms with Gasteiger partial charge in [0.25, 0.3) is 5.91 Å². The number of pyridine rings is 2. The highest BCUT2D eigenvalue weighted by atomic mass is 19.4. The molecule has 31 heavy (non-hydrogen) atoms. The molecule has 0 atom stereocenters. The van der Waals surface area contributed by atoms with Crippen LogP contribution in [0.2, 0.25) is 0 Å². The van der Waals surface area contributed by atoms with E-state index >= 15 is 0 Å². The Kier molecular flexibility index (Phi) is 5.44. The molecule has 1 amide bonds. The third-order valence-electron chi connectivity index (χ3n) is 4.98. The second kappa shape index (κ2) is 8.06. The number of aromatic nitrogens is 4. The smallest absolute Gasteiger partial charge is 0.383 e. The van der Waals surface area contributed by atoms with Crippen LogP contribution in [-0.4, -0.2) is 37.5 Å². The fraction of sp³-hybridized carbons (Fsp3) is 0.350. The number of ether oxygens (including phenoxy) is 1. The molecule has 0 unspecified atom stereocenters. The van der Waals surface area contributed by atoms with Crippen molar-refractivity contribution in [2.75, 3.05) is 12.3 Å². The Hall–Kier alpha value is -3.34. The molecule has 8 nitrogen and oxygen atoms in total. The molecular formula is C20H19F3N6O2. The van der Waals surface area contributed by atoms with Crippen LogP contribution >= 0.6 is 0 Å². The molecule has 162 valence electrons. The predicted octanol–water partition coefficient (Wildman–Crippen LogP) is 3.10. The van der Waals surface area contributed by atoms with Gasteiger partial charge in [-0.25, -0.2) is 9.97 Å². The summed E-state index contributed by atoms with van der Waals surface area (Å²) in [6.45, 7) is 3.02. The van der Waals surface area contributed by atoms with Crippen molar-refractivity contribution in [3.05, 3.63) is 52.6 Å². The molecule has 0 aromatic carbocycles. The first-order valence-electron chi connectivity index (χ1n) is 9.61. The average molecular weight is 432 g/mol. The van der Waals surface area contributed by atoms with Gasteiger partial charge in [0.1, 0.15) is 11.5 Å². The summed E-state index contributed by atoms with van der Waals surface area (Å²) < 4.78 is 43.6. The van der Waals surface area contributed by atoms with E-state index in [9.17, 15) is 18.0 Å². The minimum absolute atomic E-state index is 0.0126. The van der Waals surface area contributed by atoms with Crippen molar-refractivity contribution in [2.24, 2.45) is 0 Å². The Morgan fingerprint density at radius 3 is 2.68 bits per heavy atom. The molecule has 1 aliphatic heterocycles. The molecule has 0 saturated heterocycles. The van der Waals surface area contributed by atoms with E-state index in [0.29, 0.717) is 37.5 Å². The number of nitrogens with zero attached hydrogens (tertiary/aromatic N) is 5. The van der Waals surface area contributed by atoms with Gasteiger partial charge in [-0.3, -0.25) is 4.79 Å². The number of amides is 1. The topological polar surface area (TPSA) is 107 Å². The van der Waals surface area contributed by atoms with E-state index in [1.54, 1.807) is 6.07 Å².